The highest BCUT2D eigenvalue weighted by Crippen LogP contribution is 2.34. The Morgan fingerprint density at radius 2 is 1.38 bits per heavy atom. The van der Waals surface area contributed by atoms with E-state index in [4.69, 9.17) is 4.74 Å². The highest BCUT2D eigenvalue weighted by atomic mass is 16.5. The summed E-state index contributed by atoms with van der Waals surface area (Å²) in [7, 11) is 0. The van der Waals surface area contributed by atoms with Gasteiger partial charge in [0.1, 0.15) is 17.2 Å². The smallest absolute Gasteiger partial charge is 0.328 e. The van der Waals surface area contributed by atoms with Crippen molar-refractivity contribution in [1.29, 1.82) is 0 Å². The molecule has 10 nitrogen and oxygen atoms in total. The van der Waals surface area contributed by atoms with Crippen LogP contribution in [0, 0.1) is 0 Å². The highest BCUT2D eigenvalue weighted by molar-refractivity contribution is 6.22. The molecule has 10 heteroatoms. The number of amides is 4. The number of piperazine rings is 1. The van der Waals surface area contributed by atoms with E-state index in [9.17, 15) is 24.6 Å². The summed E-state index contributed by atoms with van der Waals surface area (Å²) in [6.45, 7) is 2.49. The van der Waals surface area contributed by atoms with Crippen molar-refractivity contribution in [3.63, 3.8) is 0 Å². The third-order valence-electron chi connectivity index (χ3n) is 5.72. The Hall–Kier alpha value is -3.47. The number of ether oxygens (including phenoxy) is 1. The third-order valence-corrected chi connectivity index (χ3v) is 5.72. The van der Waals surface area contributed by atoms with E-state index in [2.05, 4.69) is 10.6 Å². The Morgan fingerprint density at radius 3 is 1.91 bits per heavy atom. The van der Waals surface area contributed by atoms with E-state index in [1.54, 1.807) is 41.3 Å². The van der Waals surface area contributed by atoms with Crippen LogP contribution in [0.1, 0.15) is 5.56 Å². The van der Waals surface area contributed by atoms with Gasteiger partial charge >= 0.3 is 6.03 Å². The number of phenols is 1. The molecule has 0 radical (unpaired) electrons. The molecule has 4 N–H and O–H groups in total. The SMILES string of the molecule is O=C1NC(=O)C(c2ccc(Oc3ccc(O)cc3)cc2)(N2CCN(CCO)CC2)C(=O)N1. The van der Waals surface area contributed by atoms with Gasteiger partial charge in [0.05, 0.1) is 6.61 Å². The number of aromatic hydroxyl groups is 1. The van der Waals surface area contributed by atoms with Gasteiger partial charge in [0.15, 0.2) is 0 Å². The molecule has 0 unspecified atom stereocenters. The van der Waals surface area contributed by atoms with Crippen molar-refractivity contribution < 1.29 is 29.3 Å². The van der Waals surface area contributed by atoms with Crippen LogP contribution in [0.5, 0.6) is 17.2 Å². The predicted molar refractivity (Wildman–Crippen MR) is 113 cm³/mol. The molecule has 2 aliphatic heterocycles. The lowest BCUT2D eigenvalue weighted by molar-refractivity contribution is -0.150. The summed E-state index contributed by atoms with van der Waals surface area (Å²) in [5.74, 6) is -0.278. The molecule has 0 aromatic heterocycles. The first-order chi connectivity index (χ1) is 15.4. The van der Waals surface area contributed by atoms with Gasteiger partial charge in [-0.25, -0.2) is 4.79 Å². The Bertz CT molecular complexity index is 980. The average Bonchev–Trinajstić information content (AvgIpc) is 2.77. The molecule has 0 bridgehead atoms. The second-order valence-corrected chi connectivity index (χ2v) is 7.62. The lowest BCUT2D eigenvalue weighted by Crippen LogP contribution is -2.72. The maximum atomic E-state index is 13.1. The van der Waals surface area contributed by atoms with E-state index >= 15 is 0 Å². The number of nitrogens with zero attached hydrogens (tertiary/aromatic N) is 2. The Morgan fingerprint density at radius 1 is 0.844 bits per heavy atom. The summed E-state index contributed by atoms with van der Waals surface area (Å²) in [6.07, 6.45) is 0. The number of benzene rings is 2. The number of aliphatic hydroxyl groups excluding tert-OH is 1. The van der Waals surface area contributed by atoms with Gasteiger partial charge in [-0.05, 0) is 42.0 Å². The van der Waals surface area contributed by atoms with E-state index in [-0.39, 0.29) is 12.4 Å². The van der Waals surface area contributed by atoms with Crippen LogP contribution in [-0.4, -0.2) is 77.2 Å². The van der Waals surface area contributed by atoms with Crippen LogP contribution in [0.25, 0.3) is 0 Å². The van der Waals surface area contributed by atoms with Crippen molar-refractivity contribution >= 4 is 17.8 Å². The number of β-amino-alcohol motifs (C(OH)–C–C–N with tert-alkyl or cyclic N) is 1. The number of barbiturate groups is 1. The number of imide groups is 2. The Labute approximate surface area is 184 Å². The van der Waals surface area contributed by atoms with Crippen LogP contribution in [0.15, 0.2) is 48.5 Å². The molecular formula is C22H24N4O6. The molecule has 0 atom stereocenters. The number of nitrogens with one attached hydrogen (secondary N) is 2. The zero-order valence-corrected chi connectivity index (χ0v) is 17.3. The fourth-order valence-electron chi connectivity index (χ4n) is 4.12. The predicted octanol–water partition coefficient (Wildman–Crippen LogP) is 0.356. The zero-order valence-electron chi connectivity index (χ0n) is 17.3. The summed E-state index contributed by atoms with van der Waals surface area (Å²) in [4.78, 5) is 41.8. The van der Waals surface area contributed by atoms with Gasteiger partial charge in [-0.3, -0.25) is 30.0 Å². The topological polar surface area (TPSA) is 131 Å². The van der Waals surface area contributed by atoms with Crippen molar-refractivity contribution in [2.45, 2.75) is 5.54 Å². The van der Waals surface area contributed by atoms with Gasteiger partial charge in [-0.15, -0.1) is 0 Å². The number of rotatable bonds is 6. The largest absolute Gasteiger partial charge is 0.508 e. The fraction of sp³-hybridized carbons (Fsp3) is 0.318. The normalized spacial score (nSPS) is 19.3. The second kappa shape index (κ2) is 8.95. The standard InChI is InChI=1S/C22H24N4O6/c27-14-13-25-9-11-26(12-10-25)22(19(29)23-21(31)24-20(22)30)15-1-5-17(6-2-15)32-18-7-3-16(28)4-8-18/h1-8,27-28H,9-14H2,(H2,23,24,29,30,31). The van der Waals surface area contributed by atoms with Crippen molar-refractivity contribution in [2.24, 2.45) is 0 Å². The van der Waals surface area contributed by atoms with Crippen LogP contribution in [0.3, 0.4) is 0 Å². The first kappa shape index (κ1) is 21.8. The molecule has 2 saturated heterocycles. The summed E-state index contributed by atoms with van der Waals surface area (Å²) in [5.41, 5.74) is -1.29. The maximum absolute atomic E-state index is 13.1. The minimum Gasteiger partial charge on any atom is -0.508 e. The quantitative estimate of drug-likeness (QED) is 0.474. The molecule has 0 spiro atoms. The van der Waals surface area contributed by atoms with Crippen molar-refractivity contribution in [2.75, 3.05) is 39.3 Å². The zero-order chi connectivity index (χ0) is 22.7. The minimum atomic E-state index is -1.70. The maximum Gasteiger partial charge on any atom is 0.328 e. The molecule has 2 aliphatic rings. The number of phenolic OH excluding ortho intramolecular Hbond substituents is 1. The van der Waals surface area contributed by atoms with Crippen molar-refractivity contribution in [3.8, 4) is 17.2 Å². The van der Waals surface area contributed by atoms with Gasteiger partial charge in [0, 0.05) is 32.7 Å². The second-order valence-electron chi connectivity index (χ2n) is 7.62. The van der Waals surface area contributed by atoms with Gasteiger partial charge in [-0.2, -0.15) is 0 Å². The minimum absolute atomic E-state index is 0.0309. The number of aliphatic hydroxyl groups is 1. The van der Waals surface area contributed by atoms with Crippen LogP contribution >= 0.6 is 0 Å². The van der Waals surface area contributed by atoms with E-state index in [1.807, 2.05) is 4.90 Å². The Balaban J connectivity index is 1.63. The molecule has 4 amide bonds. The molecule has 0 saturated carbocycles. The lowest BCUT2D eigenvalue weighted by atomic mass is 9.84. The van der Waals surface area contributed by atoms with Crippen LogP contribution < -0.4 is 15.4 Å². The molecule has 2 heterocycles. The summed E-state index contributed by atoms with van der Waals surface area (Å²) >= 11 is 0. The van der Waals surface area contributed by atoms with Crippen LogP contribution in [0.2, 0.25) is 0 Å². The number of hydrogen-bond acceptors (Lipinski definition) is 8. The first-order valence-corrected chi connectivity index (χ1v) is 10.3. The summed E-state index contributed by atoms with van der Waals surface area (Å²) in [5, 5.41) is 23.0. The molecule has 2 fully saturated rings. The van der Waals surface area contributed by atoms with E-state index < -0.39 is 23.4 Å². The molecule has 168 valence electrons. The van der Waals surface area contributed by atoms with Crippen molar-refractivity contribution in [3.05, 3.63) is 54.1 Å². The first-order valence-electron chi connectivity index (χ1n) is 10.3. The van der Waals surface area contributed by atoms with Gasteiger partial charge in [0.2, 0.25) is 5.54 Å². The third kappa shape index (κ3) is 4.03. The lowest BCUT2D eigenvalue weighted by Gasteiger charge is -2.46. The van der Waals surface area contributed by atoms with E-state index in [1.165, 1.54) is 12.1 Å². The fourth-order valence-corrected chi connectivity index (χ4v) is 4.12. The summed E-state index contributed by atoms with van der Waals surface area (Å²) < 4.78 is 5.76. The number of urea groups is 1. The number of carbonyl (C=O) groups excluding carboxylic acids is 3. The molecule has 4 rings (SSSR count). The van der Waals surface area contributed by atoms with Crippen molar-refractivity contribution in [1.82, 2.24) is 20.4 Å². The van der Waals surface area contributed by atoms with E-state index in [0.29, 0.717) is 49.8 Å². The van der Waals surface area contributed by atoms with Gasteiger partial charge < -0.3 is 14.9 Å². The molecular weight excluding hydrogens is 416 g/mol. The molecule has 2 aromatic rings. The molecule has 32 heavy (non-hydrogen) atoms. The monoisotopic (exact) mass is 440 g/mol. The van der Waals surface area contributed by atoms with Gasteiger partial charge in [0.25, 0.3) is 11.8 Å². The average molecular weight is 440 g/mol. The molecule has 2 aromatic carbocycles. The highest BCUT2D eigenvalue weighted by Gasteiger charge is 2.56. The molecule has 0 aliphatic carbocycles. The van der Waals surface area contributed by atoms with Gasteiger partial charge in [-0.1, -0.05) is 12.1 Å². The van der Waals surface area contributed by atoms with Crippen LogP contribution in [0.4, 0.5) is 4.79 Å². The summed E-state index contributed by atoms with van der Waals surface area (Å²) in [6, 6.07) is 11.9. The van der Waals surface area contributed by atoms with Crippen LogP contribution in [-0.2, 0) is 15.1 Å². The Kier molecular flexibility index (Phi) is 6.08. The number of carbonyl (C=O) groups is 3. The van der Waals surface area contributed by atoms with E-state index in [0.717, 1.165) is 0 Å². The number of hydrogen-bond donors (Lipinski definition) is 4.